The molecule has 12 aliphatic rings. The lowest BCUT2D eigenvalue weighted by Crippen LogP contribution is -2.67. The van der Waals surface area contributed by atoms with Gasteiger partial charge in [0.15, 0.2) is 37.7 Å². The predicted octanol–water partition coefficient (Wildman–Crippen LogP) is -5.87. The quantitative estimate of drug-likeness (QED) is 0.0345. The molecule has 20 N–H and O–H groups in total. The molecule has 106 heavy (non-hydrogen) atoms. The summed E-state index contributed by atoms with van der Waals surface area (Å²) in [6, 6.07) is 0. The molecule has 7 heterocycles. The van der Waals surface area contributed by atoms with Crippen LogP contribution >= 0.6 is 0 Å². The molecule has 35 nitrogen and oxygen atoms in total. The number of hydrogen-bond acceptors (Lipinski definition) is 35. The standard InChI is InChI=1S/C71H116O35/c1-26-38(75)43(80)49(86)59(95-26)103-55-31(21-72)98-58(53(90)47(55)84)93-23-33-41(78)46(83)52(89)63(100-33)106-65(92)71-18-16-66(4,5)20-30(71)29-10-11-36-67(6)14-13-37(68(7,25-74)35(67)12-15-70(36,9)69(29,8)17-19-71)102-64-57(105-61-51(88)45(82)40(77)28(3)97-61)42(79)34(24-94-64)101-62-54(91)48(85)56(32(22-73)99-62)104-60-50(87)44(81)39(76)27(2)96-60/h10,26-28,30-64,72-91H,11-25H2,1-9H3. The lowest BCUT2D eigenvalue weighted by Gasteiger charge is -2.71. The van der Waals surface area contributed by atoms with Gasteiger partial charge in [0.05, 0.1) is 62.9 Å². The number of fused-ring (bicyclic) bond motifs is 7. The highest BCUT2D eigenvalue weighted by Crippen LogP contribution is 2.76. The van der Waals surface area contributed by atoms with Crippen molar-refractivity contribution in [1.82, 2.24) is 0 Å². The molecule has 0 aromatic heterocycles. The van der Waals surface area contributed by atoms with Gasteiger partial charge in [0.2, 0.25) is 6.29 Å². The van der Waals surface area contributed by atoms with Gasteiger partial charge < -0.3 is 168 Å². The zero-order chi connectivity index (χ0) is 77.3. The van der Waals surface area contributed by atoms with Crippen LogP contribution in [0, 0.1) is 50.2 Å². The first-order chi connectivity index (χ1) is 49.8. The lowest BCUT2D eigenvalue weighted by atomic mass is 9.33. The molecule has 610 valence electrons. The van der Waals surface area contributed by atoms with Crippen LogP contribution in [-0.4, -0.2) is 356 Å². The van der Waals surface area contributed by atoms with Crippen LogP contribution in [0.15, 0.2) is 11.6 Å². The Balaban J connectivity index is 0.733. The number of carbonyl (C=O) groups is 1. The molecule has 0 amide bonds. The van der Waals surface area contributed by atoms with Crippen molar-refractivity contribution >= 4 is 5.97 Å². The first-order valence-corrected chi connectivity index (χ1v) is 37.5. The Morgan fingerprint density at radius 2 is 0.925 bits per heavy atom. The Kier molecular flexibility index (Phi) is 24.8. The summed E-state index contributed by atoms with van der Waals surface area (Å²) in [7, 11) is 0. The van der Waals surface area contributed by atoms with Crippen molar-refractivity contribution in [3.05, 3.63) is 11.6 Å². The Morgan fingerprint density at radius 3 is 1.46 bits per heavy atom. The maximum Gasteiger partial charge on any atom is 0.315 e. The predicted molar refractivity (Wildman–Crippen MR) is 352 cm³/mol. The van der Waals surface area contributed by atoms with Crippen molar-refractivity contribution in [3.8, 4) is 0 Å². The van der Waals surface area contributed by atoms with E-state index >= 15 is 4.79 Å². The molecule has 0 radical (unpaired) electrons. The van der Waals surface area contributed by atoms with E-state index < -0.39 is 274 Å². The topological polar surface area (TPSA) is 551 Å². The van der Waals surface area contributed by atoms with Crippen LogP contribution in [0.1, 0.15) is 127 Å². The van der Waals surface area contributed by atoms with Crippen molar-refractivity contribution in [1.29, 1.82) is 0 Å². The minimum Gasteiger partial charge on any atom is -0.432 e. The maximum absolute atomic E-state index is 15.4. The molecule has 0 aromatic carbocycles. The van der Waals surface area contributed by atoms with Crippen LogP contribution in [0.2, 0.25) is 0 Å². The fourth-order valence-corrected chi connectivity index (χ4v) is 20.4. The highest BCUT2D eigenvalue weighted by molar-refractivity contribution is 5.79. The minimum absolute atomic E-state index is 0.0113. The zero-order valence-electron chi connectivity index (χ0n) is 61.2. The molecule has 0 bridgehead atoms. The van der Waals surface area contributed by atoms with Gasteiger partial charge in [-0.05, 0) is 124 Å². The Morgan fingerprint density at radius 1 is 0.453 bits per heavy atom. The summed E-state index contributed by atoms with van der Waals surface area (Å²) in [4.78, 5) is 15.4. The molecule has 0 spiro atoms. The number of allylic oxidation sites excluding steroid dienone is 2. The molecule has 7 saturated heterocycles. The summed E-state index contributed by atoms with van der Waals surface area (Å²) in [5.41, 5.74) is -2.62. The van der Waals surface area contributed by atoms with Crippen LogP contribution in [0.25, 0.3) is 0 Å². The first kappa shape index (κ1) is 83.3. The summed E-state index contributed by atoms with van der Waals surface area (Å²) in [5.74, 6) is -1.22. The van der Waals surface area contributed by atoms with Crippen LogP contribution in [-0.2, 0) is 71.1 Å². The van der Waals surface area contributed by atoms with E-state index in [1.165, 1.54) is 20.8 Å². The normalized spacial score (nSPS) is 55.5. The molecule has 4 saturated carbocycles. The van der Waals surface area contributed by atoms with Gasteiger partial charge in [-0.2, -0.15) is 0 Å². The third kappa shape index (κ3) is 14.5. The molecule has 7 aliphatic heterocycles. The van der Waals surface area contributed by atoms with Crippen LogP contribution in [0.4, 0.5) is 0 Å². The van der Waals surface area contributed by atoms with Gasteiger partial charge in [0.1, 0.15) is 146 Å². The van der Waals surface area contributed by atoms with Crippen molar-refractivity contribution < 1.29 is 173 Å². The number of aliphatic hydroxyl groups is 20. The number of carbonyl (C=O) groups excluding carboxylic acids is 1. The van der Waals surface area contributed by atoms with Gasteiger partial charge in [0, 0.05) is 5.41 Å². The van der Waals surface area contributed by atoms with Crippen LogP contribution in [0.3, 0.4) is 0 Å². The Labute approximate surface area is 613 Å². The van der Waals surface area contributed by atoms with Crippen molar-refractivity contribution in [2.75, 3.05) is 33.0 Å². The smallest absolute Gasteiger partial charge is 0.315 e. The summed E-state index contributed by atoms with van der Waals surface area (Å²) in [6.07, 6.45) is -49.4. The van der Waals surface area contributed by atoms with Crippen LogP contribution in [0.5, 0.6) is 0 Å². The SMILES string of the molecule is CC1OC(OC2C(CO)OC(OCC3OC(OC(=O)C45CCC(C)(C)CC4C4=CCC6C7(C)CCC(OC8OCC(OC9OC(CO)C(OC%10OC(C)C(O)C(O)C%10O)C(O)C9O)C(O)C8OC8OC(C)C(O)C(O)C8O)C(C)(CO)C7CCC6(C)C4(C)CC5)C(O)C(O)C3O)C(O)C2O)C(O)C(O)C1O. The highest BCUT2D eigenvalue weighted by atomic mass is 16.8. The second-order valence-electron chi connectivity index (χ2n) is 34.1. The van der Waals surface area contributed by atoms with Gasteiger partial charge in [-0.15, -0.1) is 0 Å². The van der Waals surface area contributed by atoms with E-state index in [4.69, 9.17) is 66.3 Å². The second-order valence-corrected chi connectivity index (χ2v) is 34.1. The number of ether oxygens (including phenoxy) is 14. The second kappa shape index (κ2) is 31.6. The number of rotatable bonds is 18. The number of aliphatic hydroxyl groups excluding tert-OH is 20. The molecule has 35 heteroatoms. The zero-order valence-corrected chi connectivity index (χ0v) is 61.2. The fraction of sp³-hybridized carbons (Fsp3) is 0.958. The lowest BCUT2D eigenvalue weighted by molar-refractivity contribution is -0.388. The third-order valence-corrected chi connectivity index (χ3v) is 27.4. The summed E-state index contributed by atoms with van der Waals surface area (Å²) in [5, 5.41) is 220. The van der Waals surface area contributed by atoms with Crippen LogP contribution < -0.4 is 0 Å². The molecule has 43 atom stereocenters. The molecule has 0 aromatic rings. The molecule has 43 unspecified atom stereocenters. The van der Waals surface area contributed by atoms with E-state index in [0.717, 1.165) is 5.57 Å². The van der Waals surface area contributed by atoms with Crippen molar-refractivity contribution in [2.45, 2.75) is 341 Å². The Bertz CT molecular complexity index is 3010. The molecule has 5 aliphatic carbocycles. The third-order valence-electron chi connectivity index (χ3n) is 27.4. The van der Waals surface area contributed by atoms with Crippen molar-refractivity contribution in [2.24, 2.45) is 50.2 Å². The van der Waals surface area contributed by atoms with Gasteiger partial charge in [-0.1, -0.05) is 53.2 Å². The van der Waals surface area contributed by atoms with Gasteiger partial charge >= 0.3 is 5.97 Å². The monoisotopic (exact) mass is 1530 g/mol. The van der Waals surface area contributed by atoms with E-state index in [1.807, 2.05) is 6.92 Å². The number of hydrogen-bond donors (Lipinski definition) is 20. The Hall–Kier alpha value is -2.11. The highest BCUT2D eigenvalue weighted by Gasteiger charge is 2.71. The molecular weight excluding hydrogens is 1410 g/mol. The van der Waals surface area contributed by atoms with Gasteiger partial charge in [-0.3, -0.25) is 4.79 Å². The average molecular weight is 1530 g/mol. The molecule has 11 fully saturated rings. The molecule has 12 rings (SSSR count). The number of esters is 1. The first-order valence-electron chi connectivity index (χ1n) is 37.5. The van der Waals surface area contributed by atoms with E-state index in [0.29, 0.717) is 64.2 Å². The van der Waals surface area contributed by atoms with E-state index in [-0.39, 0.29) is 29.8 Å². The largest absolute Gasteiger partial charge is 0.432 e. The van der Waals surface area contributed by atoms with Gasteiger partial charge in [0.25, 0.3) is 0 Å². The molecular formula is C71H116O35. The minimum atomic E-state index is -1.98. The van der Waals surface area contributed by atoms with E-state index in [1.54, 1.807) is 0 Å². The fourth-order valence-electron chi connectivity index (χ4n) is 20.4. The summed E-state index contributed by atoms with van der Waals surface area (Å²) >= 11 is 0. The summed E-state index contributed by atoms with van der Waals surface area (Å²) < 4.78 is 83.9. The summed E-state index contributed by atoms with van der Waals surface area (Å²) in [6.45, 7) is 14.2. The van der Waals surface area contributed by atoms with Crippen molar-refractivity contribution in [3.63, 3.8) is 0 Å². The van der Waals surface area contributed by atoms with E-state index in [9.17, 15) is 102 Å². The average Bonchev–Trinajstić information content (AvgIpc) is 0.673. The van der Waals surface area contributed by atoms with Gasteiger partial charge in [-0.25, -0.2) is 0 Å². The van der Waals surface area contributed by atoms with E-state index in [2.05, 4.69) is 40.7 Å². The maximum atomic E-state index is 15.4.